The molecule has 1 amide bonds. The molecular weight excluding hydrogens is 429 g/mol. The smallest absolute Gasteiger partial charge is 0.303 e. The minimum absolute atomic E-state index is 0.00685. The molecule has 2 heterocycles. The van der Waals surface area contributed by atoms with E-state index in [-0.39, 0.29) is 24.4 Å². The average Bonchev–Trinajstić information content (AvgIpc) is 3.43. The summed E-state index contributed by atoms with van der Waals surface area (Å²) in [5, 5.41) is 15.1. The number of carbonyl (C=O) groups is 2. The number of carboxylic acids is 1. The number of aromatic nitrogens is 2. The molecular formula is C24H28FN3O5. The summed E-state index contributed by atoms with van der Waals surface area (Å²) in [7, 11) is 0. The van der Waals surface area contributed by atoms with E-state index in [9.17, 15) is 9.59 Å². The van der Waals surface area contributed by atoms with Crippen molar-refractivity contribution in [2.24, 2.45) is 0 Å². The maximum atomic E-state index is 15.0. The largest absolute Gasteiger partial charge is 0.493 e. The molecule has 2 N–H and O–H groups in total. The van der Waals surface area contributed by atoms with Gasteiger partial charge in [-0.05, 0) is 51.3 Å². The molecule has 8 nitrogen and oxygen atoms in total. The minimum atomic E-state index is -1.38. The second-order valence-electron chi connectivity index (χ2n) is 7.74. The third-order valence-electron chi connectivity index (χ3n) is 5.06. The van der Waals surface area contributed by atoms with Crippen LogP contribution in [0.4, 0.5) is 4.39 Å². The van der Waals surface area contributed by atoms with Gasteiger partial charge in [-0.3, -0.25) is 14.7 Å². The average molecular weight is 459 g/mol. The first-order chi connectivity index (χ1) is 16.2. The number of aromatic amines is 1. The third-order valence-corrected chi connectivity index (χ3v) is 5.06. The molecule has 3 rings (SSSR count). The molecule has 2 aromatic heterocycles. The van der Waals surface area contributed by atoms with E-state index in [1.807, 2.05) is 0 Å². The van der Waals surface area contributed by atoms with Gasteiger partial charge in [-0.15, -0.1) is 0 Å². The van der Waals surface area contributed by atoms with Crippen molar-refractivity contribution in [3.8, 4) is 17.2 Å². The second-order valence-corrected chi connectivity index (χ2v) is 7.74. The molecule has 0 aliphatic rings. The molecule has 176 valence electrons. The van der Waals surface area contributed by atoms with Gasteiger partial charge in [-0.25, -0.2) is 4.39 Å². The van der Waals surface area contributed by atoms with Gasteiger partial charge >= 0.3 is 5.97 Å². The number of furan rings is 1. The monoisotopic (exact) mass is 458 g/mol. The summed E-state index contributed by atoms with van der Waals surface area (Å²) in [4.78, 5) is 25.1. The van der Waals surface area contributed by atoms with Gasteiger partial charge in [0.25, 0.3) is 5.91 Å². The summed E-state index contributed by atoms with van der Waals surface area (Å²) in [5.74, 6) is -1.65. The van der Waals surface area contributed by atoms with Crippen LogP contribution in [0, 0.1) is 5.82 Å². The quantitative estimate of drug-likeness (QED) is 0.374. The number of H-pyrrole nitrogens is 1. The van der Waals surface area contributed by atoms with Gasteiger partial charge < -0.3 is 19.2 Å². The molecule has 0 fully saturated rings. The van der Waals surface area contributed by atoms with E-state index >= 15 is 4.39 Å². The van der Waals surface area contributed by atoms with Gasteiger partial charge in [-0.1, -0.05) is 18.2 Å². The lowest BCUT2D eigenvalue weighted by Crippen LogP contribution is -2.37. The van der Waals surface area contributed by atoms with Crippen LogP contribution in [0.1, 0.15) is 57.0 Å². The maximum Gasteiger partial charge on any atom is 0.303 e. The second kappa shape index (κ2) is 11.3. The Labute approximate surface area is 192 Å². The first kappa shape index (κ1) is 22.6. The number of unbranched alkanes of at least 4 members (excludes halogenated alkanes) is 2. The number of rotatable bonds is 12. The zero-order chi connectivity index (χ0) is 24.7. The van der Waals surface area contributed by atoms with E-state index in [0.29, 0.717) is 30.8 Å². The number of para-hydroxylation sites is 1. The molecule has 0 aliphatic heterocycles. The van der Waals surface area contributed by atoms with Crippen molar-refractivity contribution in [3.63, 3.8) is 0 Å². The van der Waals surface area contributed by atoms with Crippen LogP contribution in [0.15, 0.2) is 47.1 Å². The Morgan fingerprint density at radius 2 is 2.03 bits per heavy atom. The zero-order valence-corrected chi connectivity index (χ0v) is 18.6. The van der Waals surface area contributed by atoms with Gasteiger partial charge in [0.15, 0.2) is 17.3 Å². The summed E-state index contributed by atoms with van der Waals surface area (Å²) >= 11 is 0. The predicted octanol–water partition coefficient (Wildman–Crippen LogP) is 4.88. The fourth-order valence-corrected chi connectivity index (χ4v) is 3.30. The SMILES string of the molecule is [2H]C(C)(C)N(Cc1ccccc1OCCCCCC(=O)O)C(=O)c1n[nH]c(-c2ccco2)c1F. The van der Waals surface area contributed by atoms with Crippen molar-refractivity contribution in [1.29, 1.82) is 0 Å². The lowest BCUT2D eigenvalue weighted by molar-refractivity contribution is -0.137. The zero-order valence-electron chi connectivity index (χ0n) is 19.6. The van der Waals surface area contributed by atoms with E-state index in [2.05, 4.69) is 10.2 Å². The molecule has 33 heavy (non-hydrogen) atoms. The molecule has 0 spiro atoms. The molecule has 3 aromatic rings. The Balaban J connectivity index is 1.74. The van der Waals surface area contributed by atoms with Crippen molar-refractivity contribution in [3.05, 3.63) is 59.7 Å². The number of halogens is 1. The van der Waals surface area contributed by atoms with Gasteiger partial charge in [0, 0.05) is 24.5 Å². The fraction of sp³-hybridized carbons (Fsp3) is 0.375. The van der Waals surface area contributed by atoms with Crippen molar-refractivity contribution in [2.45, 2.75) is 52.1 Å². The van der Waals surface area contributed by atoms with Crippen molar-refractivity contribution in [2.75, 3.05) is 6.61 Å². The van der Waals surface area contributed by atoms with E-state index in [0.717, 1.165) is 6.42 Å². The van der Waals surface area contributed by atoms with Crippen LogP contribution in [0.2, 0.25) is 0 Å². The number of amides is 1. The predicted molar refractivity (Wildman–Crippen MR) is 119 cm³/mol. The molecule has 0 saturated carbocycles. The molecule has 0 atom stereocenters. The summed E-state index contributed by atoms with van der Waals surface area (Å²) in [6.45, 7) is 3.46. The number of nitrogens with one attached hydrogen (secondary N) is 1. The fourth-order valence-electron chi connectivity index (χ4n) is 3.30. The molecule has 0 bridgehead atoms. The third kappa shape index (κ3) is 6.21. The minimum Gasteiger partial charge on any atom is -0.493 e. The highest BCUT2D eigenvalue weighted by Gasteiger charge is 2.28. The van der Waals surface area contributed by atoms with Crippen molar-refractivity contribution >= 4 is 11.9 Å². The summed E-state index contributed by atoms with van der Waals surface area (Å²) in [6.07, 6.45) is 3.49. The highest BCUT2D eigenvalue weighted by Crippen LogP contribution is 2.26. The number of hydrogen-bond donors (Lipinski definition) is 2. The van der Waals surface area contributed by atoms with Crippen LogP contribution >= 0.6 is 0 Å². The Kier molecular flexibility index (Phi) is 7.73. The number of aliphatic carboxylic acids is 1. The van der Waals surface area contributed by atoms with Gasteiger partial charge in [-0.2, -0.15) is 5.10 Å². The standard InChI is InChI=1S/C24H28FN3O5/c1-16(2)28(24(31)23-21(25)22(26-27-23)19-11-8-14-33-19)15-17-9-5-6-10-18(17)32-13-7-3-4-12-20(29)30/h5-6,8-11,14,16H,3-4,7,12-13,15H2,1-2H3,(H,26,27)(H,29,30)/i16D. The van der Waals surface area contributed by atoms with Crippen molar-refractivity contribution in [1.82, 2.24) is 15.1 Å². The van der Waals surface area contributed by atoms with E-state index < -0.39 is 29.4 Å². The Morgan fingerprint density at radius 1 is 1.24 bits per heavy atom. The van der Waals surface area contributed by atoms with E-state index in [1.54, 1.807) is 36.4 Å². The number of carbonyl (C=O) groups excluding carboxylic acids is 1. The lowest BCUT2D eigenvalue weighted by atomic mass is 10.1. The maximum absolute atomic E-state index is 15.0. The van der Waals surface area contributed by atoms with Gasteiger partial charge in [0.1, 0.15) is 11.4 Å². The molecule has 9 heteroatoms. The Morgan fingerprint density at radius 3 is 2.73 bits per heavy atom. The lowest BCUT2D eigenvalue weighted by Gasteiger charge is -2.27. The first-order valence-electron chi connectivity index (χ1n) is 11.2. The molecule has 0 unspecified atom stereocenters. The highest BCUT2D eigenvalue weighted by molar-refractivity contribution is 5.93. The van der Waals surface area contributed by atoms with E-state index in [1.165, 1.54) is 25.0 Å². The number of hydrogen-bond acceptors (Lipinski definition) is 5. The van der Waals surface area contributed by atoms with Gasteiger partial charge in [0.05, 0.1) is 14.2 Å². The Hall–Kier alpha value is -3.62. The molecule has 0 aliphatic carbocycles. The number of nitrogens with zero attached hydrogens (tertiary/aromatic N) is 2. The van der Waals surface area contributed by atoms with Crippen molar-refractivity contribution < 1.29 is 29.6 Å². The summed E-state index contributed by atoms with van der Waals surface area (Å²) < 4.78 is 34.6. The van der Waals surface area contributed by atoms with Crippen LogP contribution in [0.25, 0.3) is 11.5 Å². The topological polar surface area (TPSA) is 109 Å². The first-order valence-corrected chi connectivity index (χ1v) is 10.7. The number of benzene rings is 1. The Bertz CT molecular complexity index is 1110. The summed E-state index contributed by atoms with van der Waals surface area (Å²) in [5.41, 5.74) is 0.190. The molecule has 1 aromatic carbocycles. The van der Waals surface area contributed by atoms with Crippen LogP contribution in [0.3, 0.4) is 0 Å². The number of carboxylic acid groups (broad SMARTS) is 1. The highest BCUT2D eigenvalue weighted by atomic mass is 19.1. The van der Waals surface area contributed by atoms with E-state index in [4.69, 9.17) is 15.6 Å². The summed E-state index contributed by atoms with van der Waals surface area (Å²) in [6, 6.07) is 8.89. The van der Waals surface area contributed by atoms with Crippen LogP contribution in [-0.4, -0.2) is 44.7 Å². The van der Waals surface area contributed by atoms with Gasteiger partial charge in [0.2, 0.25) is 0 Å². The van der Waals surface area contributed by atoms with Crippen LogP contribution < -0.4 is 4.74 Å². The molecule has 0 radical (unpaired) electrons. The van der Waals surface area contributed by atoms with Crippen LogP contribution in [-0.2, 0) is 11.3 Å². The van der Waals surface area contributed by atoms with Crippen LogP contribution in [0.5, 0.6) is 5.75 Å². The molecule has 0 saturated heterocycles. The normalized spacial score (nSPS) is 11.8. The number of ether oxygens (including phenoxy) is 1.